The summed E-state index contributed by atoms with van der Waals surface area (Å²) in [6.07, 6.45) is -2.90. The molecule has 25 heavy (non-hydrogen) atoms. The smallest absolute Gasteiger partial charge is 0.340 e. The average Bonchev–Trinajstić information content (AvgIpc) is 2.57. The van der Waals surface area contributed by atoms with Crippen LogP contribution in [0.1, 0.15) is 5.56 Å². The Morgan fingerprint density at radius 3 is 2.36 bits per heavy atom. The molecule has 0 atom stereocenters. The number of rotatable bonds is 4. The summed E-state index contributed by atoms with van der Waals surface area (Å²) in [5.41, 5.74) is 0.289. The first kappa shape index (κ1) is 17.0. The number of alkyl halides is 3. The number of hydrogen-bond donors (Lipinski definition) is 2. The molecule has 0 saturated carbocycles. The Hall–Kier alpha value is -2.80. The Labute approximate surface area is 146 Å². The van der Waals surface area contributed by atoms with Crippen LogP contribution < -0.4 is 10.6 Å². The van der Waals surface area contributed by atoms with E-state index in [0.29, 0.717) is 16.8 Å². The molecule has 8 heteroatoms. The van der Waals surface area contributed by atoms with E-state index >= 15 is 0 Å². The molecule has 0 amide bonds. The monoisotopic (exact) mass is 364 g/mol. The molecule has 0 aliphatic rings. The number of anilines is 4. The molecule has 0 spiro atoms. The van der Waals surface area contributed by atoms with Crippen molar-refractivity contribution in [2.24, 2.45) is 0 Å². The number of aromatic nitrogens is 2. The summed E-state index contributed by atoms with van der Waals surface area (Å²) in [5.74, 6) is 0.671. The largest absolute Gasteiger partial charge is 0.416 e. The highest BCUT2D eigenvalue weighted by Gasteiger charge is 2.30. The van der Waals surface area contributed by atoms with E-state index in [0.717, 1.165) is 17.8 Å². The standard InChI is InChI=1S/C17H12ClF3N4/c18-12-4-6-13(7-5-12)24-16-22-9-8-15(25-16)23-14-3-1-2-11(10-14)17(19,20)21/h1-10H,(H2,22,23,24,25). The van der Waals surface area contributed by atoms with Gasteiger partial charge in [0.2, 0.25) is 5.95 Å². The number of hydrogen-bond acceptors (Lipinski definition) is 4. The lowest BCUT2D eigenvalue weighted by molar-refractivity contribution is -0.137. The lowest BCUT2D eigenvalue weighted by Crippen LogP contribution is -2.05. The van der Waals surface area contributed by atoms with E-state index in [1.807, 2.05) is 0 Å². The van der Waals surface area contributed by atoms with Crippen LogP contribution in [0.3, 0.4) is 0 Å². The van der Waals surface area contributed by atoms with Gasteiger partial charge in [0, 0.05) is 22.6 Å². The van der Waals surface area contributed by atoms with Crippen LogP contribution in [0.15, 0.2) is 60.8 Å². The summed E-state index contributed by atoms with van der Waals surface area (Å²) in [6, 6.07) is 13.4. The van der Waals surface area contributed by atoms with E-state index in [4.69, 9.17) is 11.6 Å². The highest BCUT2D eigenvalue weighted by Crippen LogP contribution is 2.31. The van der Waals surface area contributed by atoms with Gasteiger partial charge in [-0.15, -0.1) is 0 Å². The van der Waals surface area contributed by atoms with Crippen molar-refractivity contribution in [2.75, 3.05) is 10.6 Å². The zero-order chi connectivity index (χ0) is 17.9. The van der Waals surface area contributed by atoms with Crippen molar-refractivity contribution in [2.45, 2.75) is 6.18 Å². The molecule has 0 aliphatic heterocycles. The van der Waals surface area contributed by atoms with Crippen molar-refractivity contribution in [3.63, 3.8) is 0 Å². The first-order valence-corrected chi connectivity index (χ1v) is 7.58. The fraction of sp³-hybridized carbons (Fsp3) is 0.0588. The number of nitrogens with one attached hydrogen (secondary N) is 2. The lowest BCUT2D eigenvalue weighted by atomic mass is 10.2. The molecular weight excluding hydrogens is 353 g/mol. The second kappa shape index (κ2) is 6.98. The minimum atomic E-state index is -4.40. The van der Waals surface area contributed by atoms with Crippen molar-refractivity contribution in [1.82, 2.24) is 9.97 Å². The third-order valence-electron chi connectivity index (χ3n) is 3.22. The van der Waals surface area contributed by atoms with Crippen molar-refractivity contribution in [3.8, 4) is 0 Å². The van der Waals surface area contributed by atoms with Gasteiger partial charge in [-0.3, -0.25) is 0 Å². The van der Waals surface area contributed by atoms with Gasteiger partial charge >= 0.3 is 6.18 Å². The van der Waals surface area contributed by atoms with Gasteiger partial charge in [-0.2, -0.15) is 18.2 Å². The highest BCUT2D eigenvalue weighted by atomic mass is 35.5. The molecule has 0 aliphatic carbocycles. The molecule has 2 aromatic carbocycles. The molecule has 4 nitrogen and oxygen atoms in total. The third-order valence-corrected chi connectivity index (χ3v) is 3.47. The van der Waals surface area contributed by atoms with E-state index in [1.54, 1.807) is 30.3 Å². The molecule has 0 bridgehead atoms. The predicted molar refractivity (Wildman–Crippen MR) is 91.5 cm³/mol. The van der Waals surface area contributed by atoms with Crippen molar-refractivity contribution >= 4 is 34.7 Å². The maximum absolute atomic E-state index is 12.8. The van der Waals surface area contributed by atoms with Gasteiger partial charge in [-0.05, 0) is 48.5 Å². The molecule has 0 radical (unpaired) electrons. The Kier molecular flexibility index (Phi) is 4.76. The second-order valence-corrected chi connectivity index (χ2v) is 5.54. The molecule has 128 valence electrons. The Morgan fingerprint density at radius 1 is 0.880 bits per heavy atom. The molecule has 2 N–H and O–H groups in total. The Bertz CT molecular complexity index is 866. The van der Waals surface area contributed by atoms with Crippen LogP contribution in [-0.2, 0) is 6.18 Å². The van der Waals surface area contributed by atoms with Crippen molar-refractivity contribution in [3.05, 3.63) is 71.4 Å². The summed E-state index contributed by atoms with van der Waals surface area (Å²) >= 11 is 5.83. The fourth-order valence-corrected chi connectivity index (χ4v) is 2.20. The summed E-state index contributed by atoms with van der Waals surface area (Å²) in [5, 5.41) is 6.43. The summed E-state index contributed by atoms with van der Waals surface area (Å²) in [6.45, 7) is 0. The highest BCUT2D eigenvalue weighted by molar-refractivity contribution is 6.30. The van der Waals surface area contributed by atoms with E-state index in [9.17, 15) is 13.2 Å². The van der Waals surface area contributed by atoms with Gasteiger partial charge in [0.1, 0.15) is 5.82 Å². The first-order valence-electron chi connectivity index (χ1n) is 7.20. The zero-order valence-electron chi connectivity index (χ0n) is 12.7. The van der Waals surface area contributed by atoms with Crippen LogP contribution in [0.4, 0.5) is 36.3 Å². The molecule has 1 aromatic heterocycles. The fourth-order valence-electron chi connectivity index (χ4n) is 2.07. The summed E-state index contributed by atoms with van der Waals surface area (Å²) in [7, 11) is 0. The van der Waals surface area contributed by atoms with Gasteiger partial charge in [0.15, 0.2) is 0 Å². The molecule has 3 rings (SSSR count). The molecule has 1 heterocycles. The second-order valence-electron chi connectivity index (χ2n) is 5.10. The van der Waals surface area contributed by atoms with Crippen LogP contribution in [0.2, 0.25) is 5.02 Å². The zero-order valence-corrected chi connectivity index (χ0v) is 13.4. The van der Waals surface area contributed by atoms with Crippen LogP contribution in [0.5, 0.6) is 0 Å². The molecule has 0 unspecified atom stereocenters. The van der Waals surface area contributed by atoms with E-state index in [1.165, 1.54) is 18.3 Å². The summed E-state index contributed by atoms with van der Waals surface area (Å²) in [4.78, 5) is 8.31. The average molecular weight is 365 g/mol. The lowest BCUT2D eigenvalue weighted by Gasteiger charge is -2.11. The van der Waals surface area contributed by atoms with Gasteiger partial charge in [0.05, 0.1) is 5.56 Å². The number of benzene rings is 2. The van der Waals surface area contributed by atoms with Crippen LogP contribution in [0.25, 0.3) is 0 Å². The minimum absolute atomic E-state index is 0.283. The maximum Gasteiger partial charge on any atom is 0.416 e. The van der Waals surface area contributed by atoms with Crippen LogP contribution >= 0.6 is 11.6 Å². The van der Waals surface area contributed by atoms with E-state index < -0.39 is 11.7 Å². The van der Waals surface area contributed by atoms with Crippen LogP contribution in [-0.4, -0.2) is 9.97 Å². The maximum atomic E-state index is 12.8. The van der Waals surface area contributed by atoms with Gasteiger partial charge in [0.25, 0.3) is 0 Å². The van der Waals surface area contributed by atoms with E-state index in [2.05, 4.69) is 20.6 Å². The van der Waals surface area contributed by atoms with Crippen molar-refractivity contribution in [1.29, 1.82) is 0 Å². The third kappa shape index (κ3) is 4.60. The molecule has 0 fully saturated rings. The van der Waals surface area contributed by atoms with Gasteiger partial charge in [-0.25, -0.2) is 4.98 Å². The molecular formula is C17H12ClF3N4. The first-order chi connectivity index (χ1) is 11.9. The van der Waals surface area contributed by atoms with Gasteiger partial charge in [-0.1, -0.05) is 17.7 Å². The normalized spacial score (nSPS) is 11.2. The van der Waals surface area contributed by atoms with Gasteiger partial charge < -0.3 is 10.6 Å². The quantitative estimate of drug-likeness (QED) is 0.629. The topological polar surface area (TPSA) is 49.8 Å². The molecule has 0 saturated heterocycles. The van der Waals surface area contributed by atoms with Crippen LogP contribution in [0, 0.1) is 0 Å². The number of halogens is 4. The summed E-state index contributed by atoms with van der Waals surface area (Å²) < 4.78 is 38.3. The van der Waals surface area contributed by atoms with E-state index in [-0.39, 0.29) is 5.69 Å². The predicted octanol–water partition coefficient (Wildman–Crippen LogP) is 5.64. The Morgan fingerprint density at radius 2 is 1.64 bits per heavy atom. The van der Waals surface area contributed by atoms with Crippen molar-refractivity contribution < 1.29 is 13.2 Å². The SMILES string of the molecule is FC(F)(F)c1cccc(Nc2ccnc(Nc3ccc(Cl)cc3)n2)c1. The minimum Gasteiger partial charge on any atom is -0.340 e. The Balaban J connectivity index is 1.77. The molecule has 3 aromatic rings. The number of nitrogens with zero attached hydrogens (tertiary/aromatic N) is 2.